The molecule has 5 heterocycles. The smallest absolute Gasteiger partial charge is 0.252 e. The number of halogens is 1. The van der Waals surface area contributed by atoms with Crippen LogP contribution >= 0.6 is 0 Å². The number of aryl methyl sites for hydroxylation is 1. The van der Waals surface area contributed by atoms with Gasteiger partial charge in [0.15, 0.2) is 5.58 Å². The van der Waals surface area contributed by atoms with Gasteiger partial charge in [0.25, 0.3) is 6.71 Å². The molecule has 6 aromatic carbocycles. The number of anilines is 7. The maximum absolute atomic E-state index is 16.6. The number of hydrogen-bond acceptors (Lipinski definition) is 4. The van der Waals surface area contributed by atoms with Crippen LogP contribution in [-0.2, 0) is 16.2 Å². The Morgan fingerprint density at radius 1 is 0.603 bits per heavy atom. The summed E-state index contributed by atoms with van der Waals surface area (Å²) in [5.74, 6) is -0.127. The van der Waals surface area contributed by atoms with E-state index >= 15 is 4.39 Å². The molecular weight excluding hydrogens is 772 g/mol. The number of fused-ring (bicyclic) bond motifs is 13. The molecule has 6 aliphatic rings. The number of para-hydroxylation sites is 2. The second-order valence-corrected chi connectivity index (χ2v) is 22.2. The predicted molar refractivity (Wildman–Crippen MR) is 262 cm³/mol. The Hall–Kier alpha value is -5.49. The summed E-state index contributed by atoms with van der Waals surface area (Å²) in [6.07, 6.45) is 9.21. The van der Waals surface area contributed by atoms with Crippen LogP contribution in [0.2, 0.25) is 0 Å². The van der Waals surface area contributed by atoms with Crippen LogP contribution < -0.4 is 31.1 Å². The van der Waals surface area contributed by atoms with Crippen molar-refractivity contribution < 1.29 is 8.81 Å². The highest BCUT2D eigenvalue weighted by Gasteiger charge is 2.62. The van der Waals surface area contributed by atoms with Gasteiger partial charge in [0, 0.05) is 55.7 Å². The van der Waals surface area contributed by atoms with Crippen molar-refractivity contribution in [3.63, 3.8) is 0 Å². The van der Waals surface area contributed by atoms with Crippen molar-refractivity contribution in [2.24, 2.45) is 0 Å². The molecule has 2 aliphatic carbocycles. The van der Waals surface area contributed by atoms with Gasteiger partial charge in [-0.05, 0) is 145 Å². The van der Waals surface area contributed by atoms with Gasteiger partial charge in [-0.3, -0.25) is 0 Å². The molecule has 0 spiro atoms. The van der Waals surface area contributed by atoms with E-state index in [1.807, 2.05) is 12.1 Å². The van der Waals surface area contributed by atoms with E-state index in [9.17, 15) is 0 Å². The van der Waals surface area contributed by atoms with Crippen molar-refractivity contribution in [3.8, 4) is 0 Å². The molecule has 13 rings (SSSR count). The molecule has 4 aliphatic heterocycles. The van der Waals surface area contributed by atoms with E-state index < -0.39 is 0 Å². The fourth-order valence-electron chi connectivity index (χ4n) is 14.3. The monoisotopic (exact) mass is 829 g/mol. The summed E-state index contributed by atoms with van der Waals surface area (Å²) in [6.45, 7) is 19.1. The van der Waals surface area contributed by atoms with Gasteiger partial charge in [0.05, 0.1) is 16.8 Å². The largest absolute Gasteiger partial charge is 0.454 e. The van der Waals surface area contributed by atoms with Gasteiger partial charge in [-0.2, -0.15) is 0 Å². The molecule has 1 aromatic heterocycles. The lowest BCUT2D eigenvalue weighted by Crippen LogP contribution is -2.64. The van der Waals surface area contributed by atoms with E-state index in [0.29, 0.717) is 0 Å². The number of furan rings is 1. The molecule has 316 valence electrons. The van der Waals surface area contributed by atoms with Crippen LogP contribution in [0.1, 0.15) is 122 Å². The van der Waals surface area contributed by atoms with Crippen LogP contribution in [-0.4, -0.2) is 17.8 Å². The third kappa shape index (κ3) is 4.58. The van der Waals surface area contributed by atoms with E-state index in [1.54, 1.807) is 0 Å². The minimum atomic E-state index is -0.186. The van der Waals surface area contributed by atoms with Gasteiger partial charge >= 0.3 is 0 Å². The van der Waals surface area contributed by atoms with Gasteiger partial charge in [-0.25, -0.2) is 4.39 Å². The van der Waals surface area contributed by atoms with Crippen LogP contribution in [0.15, 0.2) is 108 Å². The summed E-state index contributed by atoms with van der Waals surface area (Å²) >= 11 is 0. The van der Waals surface area contributed by atoms with Crippen LogP contribution in [0.5, 0.6) is 0 Å². The zero-order valence-electron chi connectivity index (χ0n) is 38.2. The molecule has 0 radical (unpaired) electrons. The average Bonchev–Trinajstić information content (AvgIpc) is 3.81. The maximum atomic E-state index is 16.6. The number of rotatable bonds is 2. The SMILES string of the molecule is Cc1cc2c3c(c1)N1c4c(cc(F)cc4C4(C)CCCCC14C)B3c1ccc(N3c4ccc(C(C)(C)C)cc4C4(C)CCCCC34C)cc1N2c1cccc2c1oc1ccccc12. The molecule has 4 nitrogen and oxygen atoms in total. The molecule has 4 atom stereocenters. The summed E-state index contributed by atoms with van der Waals surface area (Å²) < 4.78 is 23.5. The fourth-order valence-corrected chi connectivity index (χ4v) is 14.3. The Labute approximate surface area is 372 Å². The van der Waals surface area contributed by atoms with Gasteiger partial charge in [-0.1, -0.05) is 109 Å². The summed E-state index contributed by atoms with van der Waals surface area (Å²) in [5.41, 5.74) is 18.6. The Morgan fingerprint density at radius 3 is 2.08 bits per heavy atom. The first kappa shape index (κ1) is 38.0. The van der Waals surface area contributed by atoms with Gasteiger partial charge in [0.1, 0.15) is 11.4 Å². The number of nitrogens with zero attached hydrogens (tertiary/aromatic N) is 3. The summed E-state index contributed by atoms with van der Waals surface area (Å²) in [7, 11) is 0. The summed E-state index contributed by atoms with van der Waals surface area (Å²) in [6, 6.07) is 38.3. The third-order valence-electron chi connectivity index (χ3n) is 18.0. The highest BCUT2D eigenvalue weighted by Crippen LogP contribution is 2.64. The van der Waals surface area contributed by atoms with Crippen LogP contribution in [0.3, 0.4) is 0 Å². The normalized spacial score (nSPS) is 26.4. The van der Waals surface area contributed by atoms with Crippen LogP contribution in [0.4, 0.5) is 44.2 Å². The van der Waals surface area contributed by atoms with E-state index in [4.69, 9.17) is 4.42 Å². The Bertz CT molecular complexity index is 3160. The van der Waals surface area contributed by atoms with Gasteiger partial charge < -0.3 is 19.1 Å². The minimum Gasteiger partial charge on any atom is -0.454 e. The van der Waals surface area contributed by atoms with E-state index in [0.717, 1.165) is 70.1 Å². The Balaban J connectivity index is 1.12. The molecule has 2 fully saturated rings. The zero-order valence-corrected chi connectivity index (χ0v) is 38.2. The highest BCUT2D eigenvalue weighted by molar-refractivity contribution is 7.00. The van der Waals surface area contributed by atoms with Crippen LogP contribution in [0.25, 0.3) is 21.9 Å². The zero-order chi connectivity index (χ0) is 43.2. The summed E-state index contributed by atoms with van der Waals surface area (Å²) in [5, 5.41) is 2.23. The first-order chi connectivity index (χ1) is 30.2. The van der Waals surface area contributed by atoms with E-state index in [-0.39, 0.29) is 39.9 Å². The van der Waals surface area contributed by atoms with Crippen molar-refractivity contribution in [1.29, 1.82) is 0 Å². The lowest BCUT2D eigenvalue weighted by Gasteiger charge is -2.53. The molecule has 0 N–H and O–H groups in total. The Morgan fingerprint density at radius 2 is 1.30 bits per heavy atom. The van der Waals surface area contributed by atoms with Crippen molar-refractivity contribution in [2.75, 3.05) is 14.7 Å². The molecular formula is C57H57BFN3O. The van der Waals surface area contributed by atoms with Crippen LogP contribution in [0, 0.1) is 12.7 Å². The molecule has 4 unspecified atom stereocenters. The van der Waals surface area contributed by atoms with Gasteiger partial charge in [-0.15, -0.1) is 0 Å². The molecule has 0 amide bonds. The fraction of sp³-hybridized carbons (Fsp3) is 0.368. The highest BCUT2D eigenvalue weighted by atomic mass is 19.1. The van der Waals surface area contributed by atoms with Crippen molar-refractivity contribution in [1.82, 2.24) is 0 Å². The second-order valence-electron chi connectivity index (χ2n) is 22.2. The van der Waals surface area contributed by atoms with E-state index in [1.165, 1.54) is 81.6 Å². The molecule has 2 saturated carbocycles. The Kier molecular flexibility index (Phi) is 7.36. The van der Waals surface area contributed by atoms with Crippen molar-refractivity contribution in [2.45, 2.75) is 134 Å². The average molecular weight is 830 g/mol. The maximum Gasteiger partial charge on any atom is 0.252 e. The second kappa shape index (κ2) is 12.2. The van der Waals surface area contributed by atoms with Crippen molar-refractivity contribution >= 4 is 84.9 Å². The molecule has 6 heteroatoms. The number of benzene rings is 6. The minimum absolute atomic E-state index is 0.00609. The first-order valence-electron chi connectivity index (χ1n) is 23.7. The standard InChI is InChI=1S/C57H57BFN3O/c1-34-28-47-50-48(29-34)62-51-41(55(6)25-12-14-27-57(55,62)8)31-36(59)32-43(51)58(50)42-22-21-37(33-46(42)60(47)45-18-15-17-39-38-16-9-10-19-49(38)63-52(39)45)61-44-23-20-35(53(2,3)4)30-40(44)54(5)24-11-13-26-56(54,61)7/h9-10,15-23,28-33H,11-14,24-27H2,1-8H3. The summed E-state index contributed by atoms with van der Waals surface area (Å²) in [4.78, 5) is 7.94. The first-order valence-corrected chi connectivity index (χ1v) is 23.7. The van der Waals surface area contributed by atoms with Gasteiger partial charge in [0.2, 0.25) is 0 Å². The third-order valence-corrected chi connectivity index (χ3v) is 18.0. The lowest BCUT2D eigenvalue weighted by molar-refractivity contribution is 0.194. The lowest BCUT2D eigenvalue weighted by atomic mass is 9.33. The molecule has 7 aromatic rings. The predicted octanol–water partition coefficient (Wildman–Crippen LogP) is 13.4. The molecule has 0 saturated heterocycles. The van der Waals surface area contributed by atoms with Crippen molar-refractivity contribution in [3.05, 3.63) is 131 Å². The van der Waals surface area contributed by atoms with E-state index in [2.05, 4.69) is 161 Å². The topological polar surface area (TPSA) is 22.9 Å². The number of hydrogen-bond donors (Lipinski definition) is 0. The molecule has 0 bridgehead atoms. The molecule has 63 heavy (non-hydrogen) atoms. The quantitative estimate of drug-likeness (QED) is 0.162.